The lowest BCUT2D eigenvalue weighted by Gasteiger charge is -2.22. The van der Waals surface area contributed by atoms with Gasteiger partial charge in [-0.05, 0) is 32.3 Å². The fourth-order valence-corrected chi connectivity index (χ4v) is 3.13. The minimum absolute atomic E-state index is 0.166. The fraction of sp³-hybridized carbons (Fsp3) is 0.538. The number of hydrogen-bond donors (Lipinski definition) is 1. The van der Waals surface area contributed by atoms with E-state index in [2.05, 4.69) is 9.97 Å². The SMILES string of the molecule is Cc1cc2c(OCC3CCCCO3)nc(N)nc2s1. The van der Waals surface area contributed by atoms with Crippen LogP contribution in [0.5, 0.6) is 5.88 Å². The highest BCUT2D eigenvalue weighted by atomic mass is 32.1. The van der Waals surface area contributed by atoms with E-state index in [0.717, 1.165) is 29.7 Å². The third-order valence-corrected chi connectivity index (χ3v) is 4.12. The highest BCUT2D eigenvalue weighted by molar-refractivity contribution is 7.18. The van der Waals surface area contributed by atoms with E-state index >= 15 is 0 Å². The summed E-state index contributed by atoms with van der Waals surface area (Å²) in [4.78, 5) is 10.5. The molecule has 0 amide bonds. The summed E-state index contributed by atoms with van der Waals surface area (Å²) in [5, 5.41) is 0.938. The molecule has 6 heteroatoms. The van der Waals surface area contributed by atoms with Gasteiger partial charge >= 0.3 is 0 Å². The molecule has 1 aliphatic rings. The molecular weight excluding hydrogens is 262 g/mol. The van der Waals surface area contributed by atoms with E-state index in [0.29, 0.717) is 12.5 Å². The van der Waals surface area contributed by atoms with Crippen molar-refractivity contribution in [1.82, 2.24) is 9.97 Å². The molecule has 0 aromatic carbocycles. The Kier molecular flexibility index (Phi) is 3.52. The van der Waals surface area contributed by atoms with Crippen LogP contribution in [-0.2, 0) is 4.74 Å². The summed E-state index contributed by atoms with van der Waals surface area (Å²) < 4.78 is 11.5. The van der Waals surface area contributed by atoms with Crippen molar-refractivity contribution >= 4 is 27.5 Å². The normalized spacial score (nSPS) is 19.7. The number of nitrogens with zero attached hydrogens (tertiary/aromatic N) is 2. The van der Waals surface area contributed by atoms with E-state index in [1.165, 1.54) is 11.3 Å². The second kappa shape index (κ2) is 5.30. The summed E-state index contributed by atoms with van der Waals surface area (Å²) in [6.07, 6.45) is 3.56. The van der Waals surface area contributed by atoms with Crippen molar-refractivity contribution in [2.24, 2.45) is 0 Å². The number of thiophene rings is 1. The molecule has 0 spiro atoms. The van der Waals surface area contributed by atoms with Crippen LogP contribution in [0.15, 0.2) is 6.07 Å². The van der Waals surface area contributed by atoms with E-state index in [1.807, 2.05) is 13.0 Å². The van der Waals surface area contributed by atoms with Crippen molar-refractivity contribution in [3.05, 3.63) is 10.9 Å². The lowest BCUT2D eigenvalue weighted by atomic mass is 10.1. The van der Waals surface area contributed by atoms with Crippen molar-refractivity contribution < 1.29 is 9.47 Å². The van der Waals surface area contributed by atoms with Gasteiger partial charge in [-0.25, -0.2) is 4.98 Å². The van der Waals surface area contributed by atoms with Crippen LogP contribution in [0.4, 0.5) is 5.95 Å². The van der Waals surface area contributed by atoms with Gasteiger partial charge in [0.1, 0.15) is 11.4 Å². The number of nitrogen functional groups attached to an aromatic ring is 1. The van der Waals surface area contributed by atoms with E-state index in [-0.39, 0.29) is 12.1 Å². The third kappa shape index (κ3) is 2.79. The molecule has 1 atom stereocenters. The van der Waals surface area contributed by atoms with Crippen molar-refractivity contribution in [2.45, 2.75) is 32.3 Å². The second-order valence-corrected chi connectivity index (χ2v) is 6.00. The molecule has 0 radical (unpaired) electrons. The number of aryl methyl sites for hydroxylation is 1. The maximum atomic E-state index is 5.80. The molecule has 1 unspecified atom stereocenters. The van der Waals surface area contributed by atoms with Gasteiger partial charge in [0.2, 0.25) is 11.8 Å². The van der Waals surface area contributed by atoms with Crippen LogP contribution in [0.3, 0.4) is 0 Å². The molecule has 3 rings (SSSR count). The predicted octanol–water partition coefficient (Wildman–Crippen LogP) is 2.53. The zero-order valence-electron chi connectivity index (χ0n) is 10.9. The van der Waals surface area contributed by atoms with Crippen molar-refractivity contribution in [1.29, 1.82) is 0 Å². The largest absolute Gasteiger partial charge is 0.474 e. The summed E-state index contributed by atoms with van der Waals surface area (Å²) in [6, 6.07) is 2.04. The second-order valence-electron chi connectivity index (χ2n) is 4.76. The van der Waals surface area contributed by atoms with Crippen LogP contribution in [0.1, 0.15) is 24.1 Å². The Bertz CT molecular complexity index is 579. The smallest absolute Gasteiger partial charge is 0.227 e. The Labute approximate surface area is 115 Å². The van der Waals surface area contributed by atoms with Gasteiger partial charge in [0.15, 0.2) is 0 Å². The Balaban J connectivity index is 1.79. The van der Waals surface area contributed by atoms with Gasteiger partial charge in [-0.15, -0.1) is 11.3 Å². The number of hydrogen-bond acceptors (Lipinski definition) is 6. The van der Waals surface area contributed by atoms with Crippen molar-refractivity contribution in [2.75, 3.05) is 18.9 Å². The molecule has 0 aliphatic carbocycles. The molecule has 1 aliphatic heterocycles. The molecule has 2 aromatic rings. The molecule has 0 bridgehead atoms. The van der Waals surface area contributed by atoms with Gasteiger partial charge in [-0.1, -0.05) is 0 Å². The molecule has 2 N–H and O–H groups in total. The van der Waals surface area contributed by atoms with Gasteiger partial charge in [0.25, 0.3) is 0 Å². The minimum atomic E-state index is 0.166. The summed E-state index contributed by atoms with van der Waals surface area (Å²) in [5.74, 6) is 0.829. The van der Waals surface area contributed by atoms with Crippen LogP contribution in [0, 0.1) is 6.92 Å². The first kappa shape index (κ1) is 12.6. The van der Waals surface area contributed by atoms with Gasteiger partial charge < -0.3 is 15.2 Å². The van der Waals surface area contributed by atoms with E-state index < -0.39 is 0 Å². The van der Waals surface area contributed by atoms with Gasteiger partial charge in [-0.3, -0.25) is 0 Å². The highest BCUT2D eigenvalue weighted by Crippen LogP contribution is 2.30. The Morgan fingerprint density at radius 2 is 2.37 bits per heavy atom. The first-order valence-electron chi connectivity index (χ1n) is 6.50. The molecular formula is C13H17N3O2S. The van der Waals surface area contributed by atoms with E-state index in [9.17, 15) is 0 Å². The topological polar surface area (TPSA) is 70.3 Å². The average Bonchev–Trinajstić information content (AvgIpc) is 2.77. The average molecular weight is 279 g/mol. The predicted molar refractivity (Wildman–Crippen MR) is 75.7 cm³/mol. The number of nitrogens with two attached hydrogens (primary N) is 1. The maximum Gasteiger partial charge on any atom is 0.227 e. The van der Waals surface area contributed by atoms with Gasteiger partial charge in [-0.2, -0.15) is 4.98 Å². The fourth-order valence-electron chi connectivity index (χ4n) is 2.25. The van der Waals surface area contributed by atoms with Crippen LogP contribution < -0.4 is 10.5 Å². The number of fused-ring (bicyclic) bond motifs is 1. The van der Waals surface area contributed by atoms with Crippen LogP contribution >= 0.6 is 11.3 Å². The van der Waals surface area contributed by atoms with Gasteiger partial charge in [0, 0.05) is 11.5 Å². The van der Waals surface area contributed by atoms with Crippen LogP contribution in [-0.4, -0.2) is 29.3 Å². The molecule has 1 saturated heterocycles. The Morgan fingerprint density at radius 3 is 3.16 bits per heavy atom. The summed E-state index contributed by atoms with van der Waals surface area (Å²) in [6.45, 7) is 3.39. The van der Waals surface area contributed by atoms with Crippen molar-refractivity contribution in [3.8, 4) is 5.88 Å². The Hall–Kier alpha value is -1.40. The summed E-state index contributed by atoms with van der Waals surface area (Å²) in [5.41, 5.74) is 5.72. The Morgan fingerprint density at radius 1 is 1.47 bits per heavy atom. The van der Waals surface area contributed by atoms with Gasteiger partial charge in [0.05, 0.1) is 11.5 Å². The lowest BCUT2D eigenvalue weighted by Crippen LogP contribution is -2.26. The van der Waals surface area contributed by atoms with Crippen LogP contribution in [0.25, 0.3) is 10.2 Å². The lowest BCUT2D eigenvalue weighted by molar-refractivity contribution is -0.0116. The zero-order chi connectivity index (χ0) is 13.2. The number of anilines is 1. The molecule has 1 fully saturated rings. The highest BCUT2D eigenvalue weighted by Gasteiger charge is 2.16. The molecule has 19 heavy (non-hydrogen) atoms. The minimum Gasteiger partial charge on any atom is -0.474 e. The third-order valence-electron chi connectivity index (χ3n) is 3.18. The molecule has 2 aromatic heterocycles. The monoisotopic (exact) mass is 279 g/mol. The first-order chi connectivity index (χ1) is 9.22. The van der Waals surface area contributed by atoms with E-state index in [4.69, 9.17) is 15.2 Å². The number of ether oxygens (including phenoxy) is 2. The summed E-state index contributed by atoms with van der Waals surface area (Å²) in [7, 11) is 0. The maximum absolute atomic E-state index is 5.80. The summed E-state index contributed by atoms with van der Waals surface area (Å²) >= 11 is 1.60. The standard InChI is InChI=1S/C13H17N3O2S/c1-8-6-10-11(15-13(14)16-12(10)19-8)18-7-9-4-2-3-5-17-9/h6,9H,2-5,7H2,1H3,(H2,14,15,16). The van der Waals surface area contributed by atoms with Crippen molar-refractivity contribution in [3.63, 3.8) is 0 Å². The zero-order valence-corrected chi connectivity index (χ0v) is 11.7. The first-order valence-corrected chi connectivity index (χ1v) is 7.32. The molecule has 102 valence electrons. The molecule has 0 saturated carbocycles. The quantitative estimate of drug-likeness (QED) is 0.935. The van der Waals surface area contributed by atoms with E-state index in [1.54, 1.807) is 11.3 Å². The number of aromatic nitrogens is 2. The van der Waals surface area contributed by atoms with Crippen LogP contribution in [0.2, 0.25) is 0 Å². The number of rotatable bonds is 3. The molecule has 5 nitrogen and oxygen atoms in total. The molecule has 3 heterocycles.